The lowest BCUT2D eigenvalue weighted by Gasteiger charge is -2.27. The van der Waals surface area contributed by atoms with Crippen molar-refractivity contribution >= 4 is 60.5 Å². The summed E-state index contributed by atoms with van der Waals surface area (Å²) >= 11 is 0. The molecule has 0 amide bonds. The first-order chi connectivity index (χ1) is 21.1. The lowest BCUT2D eigenvalue weighted by Crippen LogP contribution is -2.16. The van der Waals surface area contributed by atoms with E-state index in [0.29, 0.717) is 0 Å². The van der Waals surface area contributed by atoms with Gasteiger partial charge in [-0.15, -0.1) is 0 Å². The van der Waals surface area contributed by atoms with Gasteiger partial charge in [0, 0.05) is 27.6 Å². The van der Waals surface area contributed by atoms with E-state index in [1.165, 1.54) is 43.8 Å². The molecular formula is C41H29NO. The zero-order chi connectivity index (χ0) is 28.7. The summed E-state index contributed by atoms with van der Waals surface area (Å²) in [5.74, 6) is 0. The second kappa shape index (κ2) is 8.83. The van der Waals surface area contributed by atoms with Crippen LogP contribution in [0.25, 0.3) is 54.6 Å². The Balaban J connectivity index is 1.27. The van der Waals surface area contributed by atoms with Crippen molar-refractivity contribution in [3.05, 3.63) is 151 Å². The summed E-state index contributed by atoms with van der Waals surface area (Å²) in [6.07, 6.45) is 0. The lowest BCUT2D eigenvalue weighted by atomic mass is 9.78. The fourth-order valence-electron chi connectivity index (χ4n) is 7.56. The van der Waals surface area contributed by atoms with Crippen LogP contribution >= 0.6 is 0 Å². The first-order valence-corrected chi connectivity index (χ1v) is 14.9. The highest BCUT2D eigenvalue weighted by Gasteiger charge is 2.38. The highest BCUT2D eigenvalue weighted by atomic mass is 16.3. The van der Waals surface area contributed by atoms with Crippen molar-refractivity contribution in [1.29, 1.82) is 0 Å². The van der Waals surface area contributed by atoms with Gasteiger partial charge in [-0.3, -0.25) is 0 Å². The van der Waals surface area contributed by atoms with E-state index >= 15 is 0 Å². The minimum atomic E-state index is -0.120. The SMILES string of the molecule is CC1(C)c2c(ccc3ccccc23)-c2ccc3cc(N(c4ccccc4)c4cccc5c4oc4ccccc45)ccc3c21. The summed E-state index contributed by atoms with van der Waals surface area (Å²) in [6.45, 7) is 4.77. The lowest BCUT2D eigenvalue weighted by molar-refractivity contribution is 0.669. The van der Waals surface area contributed by atoms with Crippen molar-refractivity contribution in [2.24, 2.45) is 0 Å². The summed E-state index contributed by atoms with van der Waals surface area (Å²) in [4.78, 5) is 2.32. The Hall–Kier alpha value is -5.34. The van der Waals surface area contributed by atoms with Gasteiger partial charge in [-0.25, -0.2) is 0 Å². The molecule has 8 aromatic rings. The second-order valence-electron chi connectivity index (χ2n) is 12.2. The molecular weight excluding hydrogens is 522 g/mol. The standard InChI is InChI=1S/C41H29NO/c1-41(2)38-30-14-7-6-11-26(30)19-22-33(38)34-23-20-27-25-29(21-24-31(27)39(34)41)42(28-12-4-3-5-13-28)36-17-10-16-35-32-15-8-9-18-37(32)43-40(35)36/h3-25H,1-2H3. The predicted octanol–water partition coefficient (Wildman–Crippen LogP) is 11.7. The number of hydrogen-bond donors (Lipinski definition) is 0. The molecule has 1 heterocycles. The summed E-state index contributed by atoms with van der Waals surface area (Å²) in [5.41, 5.74) is 10.4. The zero-order valence-corrected chi connectivity index (χ0v) is 24.1. The van der Waals surface area contributed by atoms with Crippen molar-refractivity contribution in [1.82, 2.24) is 0 Å². The zero-order valence-electron chi connectivity index (χ0n) is 24.1. The van der Waals surface area contributed by atoms with E-state index < -0.39 is 0 Å². The second-order valence-corrected chi connectivity index (χ2v) is 12.2. The minimum absolute atomic E-state index is 0.120. The molecule has 0 aliphatic heterocycles. The molecule has 0 spiro atoms. The van der Waals surface area contributed by atoms with Gasteiger partial charge in [0.25, 0.3) is 0 Å². The molecule has 1 aromatic heterocycles. The number of hydrogen-bond acceptors (Lipinski definition) is 2. The summed E-state index contributed by atoms with van der Waals surface area (Å²) in [5, 5.41) is 7.45. The van der Waals surface area contributed by atoms with Crippen LogP contribution in [0.3, 0.4) is 0 Å². The van der Waals surface area contributed by atoms with Crippen molar-refractivity contribution in [3.63, 3.8) is 0 Å². The Labute approximate surface area is 250 Å². The highest BCUT2D eigenvalue weighted by Crippen LogP contribution is 2.54. The van der Waals surface area contributed by atoms with Crippen molar-refractivity contribution < 1.29 is 4.42 Å². The normalized spacial score (nSPS) is 13.5. The van der Waals surface area contributed by atoms with Gasteiger partial charge in [-0.2, -0.15) is 0 Å². The van der Waals surface area contributed by atoms with Crippen LogP contribution in [0.1, 0.15) is 25.0 Å². The summed E-state index contributed by atoms with van der Waals surface area (Å²) in [6, 6.07) is 50.3. The number of fused-ring (bicyclic) bond motifs is 10. The molecule has 0 saturated heterocycles. The summed E-state index contributed by atoms with van der Waals surface area (Å²) in [7, 11) is 0. The van der Waals surface area contributed by atoms with Crippen LogP contribution < -0.4 is 4.90 Å². The van der Waals surface area contributed by atoms with Gasteiger partial charge in [0.05, 0.1) is 5.69 Å². The van der Waals surface area contributed by atoms with Crippen LogP contribution in [-0.2, 0) is 5.41 Å². The van der Waals surface area contributed by atoms with E-state index in [0.717, 1.165) is 39.0 Å². The molecule has 1 aliphatic rings. The van der Waals surface area contributed by atoms with Gasteiger partial charge < -0.3 is 9.32 Å². The van der Waals surface area contributed by atoms with E-state index in [4.69, 9.17) is 4.42 Å². The fourth-order valence-corrected chi connectivity index (χ4v) is 7.56. The maximum Gasteiger partial charge on any atom is 0.159 e. The average molecular weight is 552 g/mol. The smallest absolute Gasteiger partial charge is 0.159 e. The molecule has 1 aliphatic carbocycles. The largest absolute Gasteiger partial charge is 0.454 e. The Bertz CT molecular complexity index is 2380. The molecule has 0 unspecified atom stereocenters. The molecule has 0 N–H and O–H groups in total. The van der Waals surface area contributed by atoms with Gasteiger partial charge in [0.15, 0.2) is 5.58 Å². The molecule has 0 radical (unpaired) electrons. The first kappa shape index (κ1) is 24.3. The Morgan fingerprint density at radius 2 is 1.14 bits per heavy atom. The van der Waals surface area contributed by atoms with Crippen LogP contribution in [0.5, 0.6) is 0 Å². The van der Waals surface area contributed by atoms with Crippen molar-refractivity contribution in [2.45, 2.75) is 19.3 Å². The minimum Gasteiger partial charge on any atom is -0.454 e. The van der Waals surface area contributed by atoms with E-state index in [9.17, 15) is 0 Å². The van der Waals surface area contributed by atoms with E-state index in [2.05, 4.69) is 146 Å². The molecule has 0 saturated carbocycles. The van der Waals surface area contributed by atoms with Gasteiger partial charge in [0.2, 0.25) is 0 Å². The van der Waals surface area contributed by atoms with E-state index in [1.807, 2.05) is 12.1 Å². The molecule has 204 valence electrons. The molecule has 0 atom stereocenters. The number of para-hydroxylation sites is 3. The molecule has 0 bridgehead atoms. The van der Waals surface area contributed by atoms with E-state index in [-0.39, 0.29) is 5.41 Å². The molecule has 0 fully saturated rings. The third kappa shape index (κ3) is 3.41. The third-order valence-corrected chi connectivity index (χ3v) is 9.37. The van der Waals surface area contributed by atoms with Gasteiger partial charge >= 0.3 is 0 Å². The molecule has 7 aromatic carbocycles. The number of nitrogens with zero attached hydrogens (tertiary/aromatic N) is 1. The molecule has 2 heteroatoms. The highest BCUT2D eigenvalue weighted by molar-refractivity contribution is 6.11. The maximum absolute atomic E-state index is 6.51. The maximum atomic E-state index is 6.51. The van der Waals surface area contributed by atoms with Crippen LogP contribution in [0.15, 0.2) is 144 Å². The summed E-state index contributed by atoms with van der Waals surface area (Å²) < 4.78 is 6.51. The Morgan fingerprint density at radius 1 is 0.488 bits per heavy atom. The van der Waals surface area contributed by atoms with Gasteiger partial charge in [-0.1, -0.05) is 117 Å². The Morgan fingerprint density at radius 3 is 1.95 bits per heavy atom. The average Bonchev–Trinajstić information content (AvgIpc) is 3.54. The fraction of sp³-hybridized carbons (Fsp3) is 0.0732. The molecule has 2 nitrogen and oxygen atoms in total. The third-order valence-electron chi connectivity index (χ3n) is 9.37. The van der Waals surface area contributed by atoms with Crippen molar-refractivity contribution in [2.75, 3.05) is 4.90 Å². The molecule has 9 rings (SSSR count). The van der Waals surface area contributed by atoms with E-state index in [1.54, 1.807) is 0 Å². The first-order valence-electron chi connectivity index (χ1n) is 14.9. The van der Waals surface area contributed by atoms with Crippen LogP contribution in [0.4, 0.5) is 17.1 Å². The van der Waals surface area contributed by atoms with Crippen LogP contribution in [0, 0.1) is 0 Å². The predicted molar refractivity (Wildman–Crippen MR) is 181 cm³/mol. The monoisotopic (exact) mass is 551 g/mol. The number of benzene rings is 7. The number of anilines is 3. The topological polar surface area (TPSA) is 16.4 Å². The van der Waals surface area contributed by atoms with Gasteiger partial charge in [-0.05, 0) is 80.2 Å². The Kier molecular flexibility index (Phi) is 4.99. The van der Waals surface area contributed by atoms with Crippen LogP contribution in [0.2, 0.25) is 0 Å². The quantitative estimate of drug-likeness (QED) is 0.217. The number of rotatable bonds is 3. The van der Waals surface area contributed by atoms with Crippen LogP contribution in [-0.4, -0.2) is 0 Å². The van der Waals surface area contributed by atoms with Crippen molar-refractivity contribution in [3.8, 4) is 11.1 Å². The van der Waals surface area contributed by atoms with Gasteiger partial charge in [0.1, 0.15) is 5.58 Å². The number of furan rings is 1. The molecule has 43 heavy (non-hydrogen) atoms.